The first-order valence-corrected chi connectivity index (χ1v) is 5.28. The zero-order chi connectivity index (χ0) is 12.4. The summed E-state index contributed by atoms with van der Waals surface area (Å²) in [5.41, 5.74) is 8.84. The lowest BCUT2D eigenvalue weighted by Gasteiger charge is -2.08. The Balaban J connectivity index is 2.69. The van der Waals surface area contributed by atoms with Crippen LogP contribution in [0.4, 0.5) is 5.69 Å². The molecule has 0 radical (unpaired) electrons. The zero-order valence-corrected chi connectivity index (χ0v) is 9.86. The standard InChI is InChI=1S/C12H9ClN4/c1-7-11(5-14)16-6-17-12(7)9-4-8(13)2-3-10(9)15/h2-4,6H,15H2,1H3. The van der Waals surface area contributed by atoms with E-state index in [9.17, 15) is 0 Å². The smallest absolute Gasteiger partial charge is 0.147 e. The van der Waals surface area contributed by atoms with Crippen molar-refractivity contribution in [2.45, 2.75) is 6.92 Å². The van der Waals surface area contributed by atoms with Crippen LogP contribution in [0.25, 0.3) is 11.3 Å². The maximum Gasteiger partial charge on any atom is 0.147 e. The summed E-state index contributed by atoms with van der Waals surface area (Å²) < 4.78 is 0. The second-order valence-electron chi connectivity index (χ2n) is 3.54. The molecule has 0 aliphatic rings. The number of nitrogens with zero attached hydrogens (tertiary/aromatic N) is 3. The Kier molecular flexibility index (Phi) is 2.94. The van der Waals surface area contributed by atoms with Gasteiger partial charge < -0.3 is 5.73 Å². The molecule has 2 N–H and O–H groups in total. The number of nitrogen functional groups attached to an aromatic ring is 1. The Bertz CT molecular complexity index is 616. The molecule has 4 nitrogen and oxygen atoms in total. The molecule has 1 aromatic heterocycles. The third-order valence-corrected chi connectivity index (χ3v) is 2.70. The van der Waals surface area contributed by atoms with Crippen LogP contribution in [0.2, 0.25) is 5.02 Å². The molecule has 0 saturated carbocycles. The van der Waals surface area contributed by atoms with E-state index in [-0.39, 0.29) is 0 Å². The Labute approximate surface area is 104 Å². The fourth-order valence-corrected chi connectivity index (χ4v) is 1.74. The molecule has 84 valence electrons. The molecule has 17 heavy (non-hydrogen) atoms. The van der Waals surface area contributed by atoms with Crippen LogP contribution in [0.15, 0.2) is 24.5 Å². The van der Waals surface area contributed by atoms with Crippen molar-refractivity contribution in [3.63, 3.8) is 0 Å². The number of benzene rings is 1. The number of anilines is 1. The molecule has 0 bridgehead atoms. The molecule has 1 aromatic carbocycles. The van der Waals surface area contributed by atoms with Gasteiger partial charge in [0.2, 0.25) is 0 Å². The Morgan fingerprint density at radius 1 is 1.35 bits per heavy atom. The average Bonchev–Trinajstić information content (AvgIpc) is 2.33. The van der Waals surface area contributed by atoms with Crippen LogP contribution in [0.3, 0.4) is 0 Å². The van der Waals surface area contributed by atoms with Crippen molar-refractivity contribution in [2.24, 2.45) is 0 Å². The van der Waals surface area contributed by atoms with Gasteiger partial charge in [-0.15, -0.1) is 0 Å². The van der Waals surface area contributed by atoms with Crippen LogP contribution in [0.5, 0.6) is 0 Å². The summed E-state index contributed by atoms with van der Waals surface area (Å²) in [6.07, 6.45) is 1.35. The summed E-state index contributed by atoms with van der Waals surface area (Å²) in [5, 5.41) is 9.49. The van der Waals surface area contributed by atoms with Gasteiger partial charge in [0.15, 0.2) is 0 Å². The third kappa shape index (κ3) is 2.05. The number of aromatic nitrogens is 2. The van der Waals surface area contributed by atoms with E-state index in [4.69, 9.17) is 22.6 Å². The first kappa shape index (κ1) is 11.4. The molecule has 0 aliphatic carbocycles. The second-order valence-corrected chi connectivity index (χ2v) is 3.98. The predicted octanol–water partition coefficient (Wildman–Crippen LogP) is 2.56. The van der Waals surface area contributed by atoms with Gasteiger partial charge in [-0.2, -0.15) is 5.26 Å². The highest BCUT2D eigenvalue weighted by atomic mass is 35.5. The quantitative estimate of drug-likeness (QED) is 0.783. The third-order valence-electron chi connectivity index (χ3n) is 2.46. The molecular weight excluding hydrogens is 236 g/mol. The van der Waals surface area contributed by atoms with Crippen molar-refractivity contribution in [3.8, 4) is 17.3 Å². The Morgan fingerprint density at radius 3 is 2.82 bits per heavy atom. The number of nitrogens with two attached hydrogens (primary N) is 1. The zero-order valence-electron chi connectivity index (χ0n) is 9.11. The van der Waals surface area contributed by atoms with E-state index < -0.39 is 0 Å². The average molecular weight is 245 g/mol. The molecule has 0 spiro atoms. The van der Waals surface area contributed by atoms with Crippen LogP contribution in [0, 0.1) is 18.3 Å². The van der Waals surface area contributed by atoms with Crippen LogP contribution < -0.4 is 5.73 Å². The lowest BCUT2D eigenvalue weighted by atomic mass is 10.0. The van der Waals surface area contributed by atoms with Gasteiger partial charge in [0.05, 0.1) is 5.69 Å². The largest absolute Gasteiger partial charge is 0.398 e. The number of rotatable bonds is 1. The van der Waals surface area contributed by atoms with Crippen molar-refractivity contribution in [1.82, 2.24) is 9.97 Å². The van der Waals surface area contributed by atoms with Gasteiger partial charge in [0.25, 0.3) is 0 Å². The maximum absolute atomic E-state index is 8.92. The van der Waals surface area contributed by atoms with Crippen molar-refractivity contribution in [3.05, 3.63) is 40.8 Å². The molecule has 0 aliphatic heterocycles. The highest BCUT2D eigenvalue weighted by Crippen LogP contribution is 2.29. The summed E-state index contributed by atoms with van der Waals surface area (Å²) in [7, 11) is 0. The number of halogens is 1. The van der Waals surface area contributed by atoms with Crippen LogP contribution in [0.1, 0.15) is 11.3 Å². The van der Waals surface area contributed by atoms with Gasteiger partial charge in [0.1, 0.15) is 18.1 Å². The first-order valence-electron chi connectivity index (χ1n) is 4.90. The molecule has 0 atom stereocenters. The fourth-order valence-electron chi connectivity index (χ4n) is 1.57. The summed E-state index contributed by atoms with van der Waals surface area (Å²) in [6.45, 7) is 1.79. The normalized spacial score (nSPS) is 9.94. The maximum atomic E-state index is 8.92. The van der Waals surface area contributed by atoms with Crippen molar-refractivity contribution in [1.29, 1.82) is 5.26 Å². The monoisotopic (exact) mass is 244 g/mol. The van der Waals surface area contributed by atoms with Gasteiger partial charge in [0, 0.05) is 21.8 Å². The van der Waals surface area contributed by atoms with E-state index in [1.807, 2.05) is 6.07 Å². The lowest BCUT2D eigenvalue weighted by Crippen LogP contribution is -1.98. The van der Waals surface area contributed by atoms with E-state index in [2.05, 4.69) is 9.97 Å². The van der Waals surface area contributed by atoms with Gasteiger partial charge in [-0.05, 0) is 25.1 Å². The molecule has 0 unspecified atom stereocenters. The number of hydrogen-bond donors (Lipinski definition) is 1. The molecule has 2 aromatic rings. The predicted molar refractivity (Wildman–Crippen MR) is 66.3 cm³/mol. The summed E-state index contributed by atoms with van der Waals surface area (Å²) in [6, 6.07) is 7.17. The van der Waals surface area contributed by atoms with Crippen molar-refractivity contribution < 1.29 is 0 Å². The van der Waals surface area contributed by atoms with Crippen LogP contribution >= 0.6 is 11.6 Å². The van der Waals surface area contributed by atoms with Gasteiger partial charge in [-0.3, -0.25) is 0 Å². The molecule has 5 heteroatoms. The Morgan fingerprint density at radius 2 is 2.12 bits per heavy atom. The topological polar surface area (TPSA) is 75.6 Å². The first-order chi connectivity index (χ1) is 8.13. The molecule has 2 rings (SSSR count). The molecule has 1 heterocycles. The van der Waals surface area contributed by atoms with E-state index in [1.54, 1.807) is 25.1 Å². The van der Waals surface area contributed by atoms with Crippen molar-refractivity contribution >= 4 is 17.3 Å². The number of nitriles is 1. The summed E-state index contributed by atoms with van der Waals surface area (Å²) in [4.78, 5) is 8.05. The molecular formula is C12H9ClN4. The second kappa shape index (κ2) is 4.40. The fraction of sp³-hybridized carbons (Fsp3) is 0.0833. The van der Waals surface area contributed by atoms with Gasteiger partial charge in [-0.25, -0.2) is 9.97 Å². The minimum absolute atomic E-state index is 0.342. The van der Waals surface area contributed by atoms with Gasteiger partial charge in [-0.1, -0.05) is 11.6 Å². The van der Waals surface area contributed by atoms with E-state index in [1.165, 1.54) is 6.33 Å². The number of hydrogen-bond acceptors (Lipinski definition) is 4. The summed E-state index contributed by atoms with van der Waals surface area (Å²) >= 11 is 5.93. The van der Waals surface area contributed by atoms with E-state index in [0.29, 0.717) is 33.2 Å². The highest BCUT2D eigenvalue weighted by molar-refractivity contribution is 6.31. The van der Waals surface area contributed by atoms with Crippen LogP contribution in [-0.2, 0) is 0 Å². The highest BCUT2D eigenvalue weighted by Gasteiger charge is 2.11. The molecule has 0 saturated heterocycles. The molecule has 0 fully saturated rings. The molecule has 0 amide bonds. The lowest BCUT2D eigenvalue weighted by molar-refractivity contribution is 1.11. The van der Waals surface area contributed by atoms with Crippen molar-refractivity contribution in [2.75, 3.05) is 5.73 Å². The van der Waals surface area contributed by atoms with Gasteiger partial charge >= 0.3 is 0 Å². The van der Waals surface area contributed by atoms with Crippen LogP contribution in [-0.4, -0.2) is 9.97 Å². The van der Waals surface area contributed by atoms with E-state index in [0.717, 1.165) is 0 Å². The SMILES string of the molecule is Cc1c(C#N)ncnc1-c1cc(Cl)ccc1N. The minimum Gasteiger partial charge on any atom is -0.398 e. The Hall–Kier alpha value is -2.12. The summed E-state index contributed by atoms with van der Waals surface area (Å²) in [5.74, 6) is 0. The van der Waals surface area contributed by atoms with E-state index >= 15 is 0 Å². The minimum atomic E-state index is 0.342.